The third-order valence-electron chi connectivity index (χ3n) is 6.94. The molecule has 1 aromatic rings. The maximum absolute atomic E-state index is 14.8. The number of hydrogen-bond acceptors (Lipinski definition) is 4. The number of fused-ring (bicyclic) bond motifs is 1. The SMILES string of the molecule is CCN1CCN(c2ccc(C(=O)N3C[C@@H]4CCC[C@@]4(C(=O)O)C3)cc2F)CC1. The number of nitrogens with zero attached hydrogens (tertiary/aromatic N) is 3. The van der Waals surface area contributed by atoms with Gasteiger partial charge in [0.25, 0.3) is 5.91 Å². The number of likely N-dealkylation sites (N-methyl/N-ethyl adjacent to an activating group) is 1. The number of carbonyl (C=O) groups excluding carboxylic acids is 1. The number of aliphatic carboxylic acids is 1. The van der Waals surface area contributed by atoms with Crippen LogP contribution in [0.1, 0.15) is 36.5 Å². The second-order valence-electron chi connectivity index (χ2n) is 8.32. The van der Waals surface area contributed by atoms with Crippen molar-refractivity contribution in [3.05, 3.63) is 29.6 Å². The van der Waals surface area contributed by atoms with Gasteiger partial charge in [-0.15, -0.1) is 0 Å². The lowest BCUT2D eigenvalue weighted by Gasteiger charge is -2.35. The van der Waals surface area contributed by atoms with E-state index in [1.165, 1.54) is 6.07 Å². The smallest absolute Gasteiger partial charge is 0.311 e. The summed E-state index contributed by atoms with van der Waals surface area (Å²) in [7, 11) is 0. The highest BCUT2D eigenvalue weighted by molar-refractivity contribution is 5.95. The minimum atomic E-state index is -0.812. The van der Waals surface area contributed by atoms with Gasteiger partial charge in [0.1, 0.15) is 5.82 Å². The number of benzene rings is 1. The first-order chi connectivity index (χ1) is 13.4. The molecule has 0 radical (unpaired) electrons. The third kappa shape index (κ3) is 3.15. The molecule has 3 fully saturated rings. The molecule has 0 bridgehead atoms. The predicted molar refractivity (Wildman–Crippen MR) is 104 cm³/mol. The number of carboxylic acids is 1. The molecule has 0 aromatic heterocycles. The van der Waals surface area contributed by atoms with Crippen molar-refractivity contribution in [2.24, 2.45) is 11.3 Å². The van der Waals surface area contributed by atoms with Crippen LogP contribution in [-0.4, -0.2) is 72.6 Å². The number of carbonyl (C=O) groups is 2. The van der Waals surface area contributed by atoms with Gasteiger partial charge in [0, 0.05) is 44.8 Å². The molecule has 28 heavy (non-hydrogen) atoms. The Bertz CT molecular complexity index is 778. The first-order valence-electron chi connectivity index (χ1n) is 10.2. The fourth-order valence-corrected chi connectivity index (χ4v) is 5.18. The maximum atomic E-state index is 14.8. The molecule has 4 rings (SSSR count). The average molecular weight is 389 g/mol. The molecule has 0 spiro atoms. The predicted octanol–water partition coefficient (Wildman–Crippen LogP) is 2.29. The molecule has 1 aliphatic carbocycles. The second kappa shape index (κ2) is 7.35. The number of halogens is 1. The first kappa shape index (κ1) is 19.2. The summed E-state index contributed by atoms with van der Waals surface area (Å²) < 4.78 is 14.8. The summed E-state index contributed by atoms with van der Waals surface area (Å²) in [5.74, 6) is -1.45. The van der Waals surface area contributed by atoms with Crippen molar-refractivity contribution in [3.8, 4) is 0 Å². The van der Waals surface area contributed by atoms with E-state index in [0.717, 1.165) is 45.6 Å². The normalized spacial score (nSPS) is 27.9. The van der Waals surface area contributed by atoms with E-state index in [9.17, 15) is 19.1 Å². The van der Waals surface area contributed by atoms with Crippen LogP contribution in [-0.2, 0) is 4.79 Å². The Balaban J connectivity index is 1.47. The van der Waals surface area contributed by atoms with Crippen molar-refractivity contribution < 1.29 is 19.1 Å². The van der Waals surface area contributed by atoms with Crippen LogP contribution in [0.25, 0.3) is 0 Å². The number of anilines is 1. The number of amides is 1. The topological polar surface area (TPSA) is 64.1 Å². The van der Waals surface area contributed by atoms with Crippen LogP contribution in [0.5, 0.6) is 0 Å². The monoisotopic (exact) mass is 389 g/mol. The summed E-state index contributed by atoms with van der Waals surface area (Å²) in [6.45, 7) is 7.16. The van der Waals surface area contributed by atoms with E-state index < -0.39 is 11.4 Å². The van der Waals surface area contributed by atoms with Gasteiger partial charge in [-0.1, -0.05) is 13.3 Å². The Morgan fingerprint density at radius 1 is 1.25 bits per heavy atom. The van der Waals surface area contributed by atoms with Gasteiger partial charge in [-0.25, -0.2) is 4.39 Å². The van der Waals surface area contributed by atoms with Crippen LogP contribution < -0.4 is 4.90 Å². The van der Waals surface area contributed by atoms with Crippen LogP contribution in [0, 0.1) is 17.2 Å². The van der Waals surface area contributed by atoms with Gasteiger partial charge < -0.3 is 19.8 Å². The van der Waals surface area contributed by atoms with E-state index in [0.29, 0.717) is 24.2 Å². The van der Waals surface area contributed by atoms with E-state index in [4.69, 9.17) is 0 Å². The molecular weight excluding hydrogens is 361 g/mol. The Morgan fingerprint density at radius 3 is 2.61 bits per heavy atom. The number of carboxylic acid groups (broad SMARTS) is 1. The standard InChI is InChI=1S/C21H28FN3O3/c1-2-23-8-10-24(11-9-23)18-6-5-15(12-17(18)22)19(26)25-13-16-4-3-7-21(16,14-25)20(27)28/h5-6,12,16H,2-4,7-11,13-14H2,1H3,(H,27,28)/t16-,21+/m0/s1. The van der Waals surface area contributed by atoms with Gasteiger partial charge in [-0.05, 0) is 43.5 Å². The number of likely N-dealkylation sites (tertiary alicyclic amines) is 1. The second-order valence-corrected chi connectivity index (χ2v) is 8.32. The lowest BCUT2D eigenvalue weighted by Crippen LogP contribution is -2.46. The highest BCUT2D eigenvalue weighted by atomic mass is 19.1. The van der Waals surface area contributed by atoms with Gasteiger partial charge in [0.05, 0.1) is 11.1 Å². The van der Waals surface area contributed by atoms with E-state index in [1.54, 1.807) is 17.0 Å². The molecule has 1 saturated carbocycles. The number of rotatable bonds is 4. The summed E-state index contributed by atoms with van der Waals surface area (Å²) in [6.07, 6.45) is 2.36. The zero-order valence-corrected chi connectivity index (χ0v) is 16.4. The Morgan fingerprint density at radius 2 is 2.00 bits per heavy atom. The van der Waals surface area contributed by atoms with Gasteiger partial charge in [0.2, 0.25) is 0 Å². The summed E-state index contributed by atoms with van der Waals surface area (Å²) in [6, 6.07) is 4.67. The largest absolute Gasteiger partial charge is 0.481 e. The molecular formula is C21H28FN3O3. The molecule has 2 aliphatic heterocycles. The Hall–Kier alpha value is -2.15. The summed E-state index contributed by atoms with van der Waals surface area (Å²) >= 11 is 0. The zero-order valence-electron chi connectivity index (χ0n) is 16.4. The fourth-order valence-electron chi connectivity index (χ4n) is 5.18. The van der Waals surface area contributed by atoms with Crippen molar-refractivity contribution in [2.75, 3.05) is 50.7 Å². The van der Waals surface area contributed by atoms with E-state index >= 15 is 0 Å². The first-order valence-corrected chi connectivity index (χ1v) is 10.2. The summed E-state index contributed by atoms with van der Waals surface area (Å²) in [5, 5.41) is 9.70. The maximum Gasteiger partial charge on any atom is 0.311 e. The van der Waals surface area contributed by atoms with Gasteiger partial charge in [-0.3, -0.25) is 9.59 Å². The molecule has 2 saturated heterocycles. The van der Waals surface area contributed by atoms with Gasteiger partial charge >= 0.3 is 5.97 Å². The highest BCUT2D eigenvalue weighted by Crippen LogP contribution is 2.49. The van der Waals surface area contributed by atoms with E-state index in [1.807, 2.05) is 4.90 Å². The minimum Gasteiger partial charge on any atom is -0.481 e. The lowest BCUT2D eigenvalue weighted by atomic mass is 9.81. The van der Waals surface area contributed by atoms with Crippen molar-refractivity contribution in [3.63, 3.8) is 0 Å². The van der Waals surface area contributed by atoms with E-state index in [2.05, 4.69) is 11.8 Å². The van der Waals surface area contributed by atoms with Crippen LogP contribution in [0.15, 0.2) is 18.2 Å². The number of hydrogen-bond donors (Lipinski definition) is 1. The highest BCUT2D eigenvalue weighted by Gasteiger charge is 2.55. The molecule has 6 nitrogen and oxygen atoms in total. The zero-order chi connectivity index (χ0) is 19.9. The molecule has 2 heterocycles. The fraction of sp³-hybridized carbons (Fsp3) is 0.619. The van der Waals surface area contributed by atoms with Crippen LogP contribution in [0.3, 0.4) is 0 Å². The van der Waals surface area contributed by atoms with Crippen LogP contribution >= 0.6 is 0 Å². The minimum absolute atomic E-state index is 0.00734. The lowest BCUT2D eigenvalue weighted by molar-refractivity contribution is -0.149. The van der Waals surface area contributed by atoms with E-state index in [-0.39, 0.29) is 24.2 Å². The molecule has 0 unspecified atom stereocenters. The summed E-state index contributed by atoms with van der Waals surface area (Å²) in [5.41, 5.74) is 0.0224. The Labute approximate surface area is 164 Å². The van der Waals surface area contributed by atoms with Crippen LogP contribution in [0.4, 0.5) is 10.1 Å². The molecule has 152 valence electrons. The van der Waals surface area contributed by atoms with Crippen molar-refractivity contribution >= 4 is 17.6 Å². The molecule has 1 N–H and O–H groups in total. The molecule has 1 amide bonds. The molecule has 3 aliphatic rings. The Kier molecular flexibility index (Phi) is 5.04. The third-order valence-corrected chi connectivity index (χ3v) is 6.94. The van der Waals surface area contributed by atoms with Crippen LogP contribution in [0.2, 0.25) is 0 Å². The molecule has 7 heteroatoms. The molecule has 1 aromatic carbocycles. The van der Waals surface area contributed by atoms with Crippen molar-refractivity contribution in [1.29, 1.82) is 0 Å². The van der Waals surface area contributed by atoms with Crippen molar-refractivity contribution in [2.45, 2.75) is 26.2 Å². The van der Waals surface area contributed by atoms with Crippen molar-refractivity contribution in [1.82, 2.24) is 9.80 Å². The van der Waals surface area contributed by atoms with Gasteiger partial charge in [-0.2, -0.15) is 0 Å². The number of piperazine rings is 1. The van der Waals surface area contributed by atoms with Gasteiger partial charge in [0.15, 0.2) is 0 Å². The average Bonchev–Trinajstić information content (AvgIpc) is 3.26. The quantitative estimate of drug-likeness (QED) is 0.856. The molecule has 2 atom stereocenters. The summed E-state index contributed by atoms with van der Waals surface area (Å²) in [4.78, 5) is 30.7.